The Morgan fingerprint density at radius 1 is 0.722 bits per heavy atom. The van der Waals surface area contributed by atoms with Crippen molar-refractivity contribution < 1.29 is 9.47 Å². The third-order valence-corrected chi connectivity index (χ3v) is 3.84. The fourth-order valence-corrected chi connectivity index (χ4v) is 2.64. The van der Waals surface area contributed by atoms with E-state index in [2.05, 4.69) is 13.8 Å². The monoisotopic (exact) mass is 256 g/mol. The van der Waals surface area contributed by atoms with Gasteiger partial charge in [0.2, 0.25) is 0 Å². The Kier molecular flexibility index (Phi) is 8.70. The molecule has 0 aliphatic carbocycles. The molecule has 108 valence electrons. The molecule has 0 bridgehead atoms. The summed E-state index contributed by atoms with van der Waals surface area (Å²) < 4.78 is 12.2. The Bertz CT molecular complexity index is 184. The van der Waals surface area contributed by atoms with E-state index in [4.69, 9.17) is 9.47 Å². The van der Waals surface area contributed by atoms with Crippen LogP contribution in [0.15, 0.2) is 0 Å². The van der Waals surface area contributed by atoms with Crippen LogP contribution in [0, 0.1) is 0 Å². The van der Waals surface area contributed by atoms with Crippen LogP contribution in [0.4, 0.5) is 0 Å². The molecule has 1 heterocycles. The summed E-state index contributed by atoms with van der Waals surface area (Å²) in [6.07, 6.45) is 13.5. The van der Waals surface area contributed by atoms with Gasteiger partial charge in [0, 0.05) is 12.8 Å². The molecule has 0 aromatic carbocycles. The van der Waals surface area contributed by atoms with Crippen molar-refractivity contribution in [3.63, 3.8) is 0 Å². The van der Waals surface area contributed by atoms with E-state index in [1.54, 1.807) is 0 Å². The Labute approximate surface area is 113 Å². The zero-order valence-electron chi connectivity index (χ0n) is 12.5. The molecule has 1 saturated heterocycles. The molecule has 2 heteroatoms. The zero-order valence-corrected chi connectivity index (χ0v) is 12.5. The normalized spacial score (nSPS) is 19.7. The van der Waals surface area contributed by atoms with Crippen LogP contribution in [0.2, 0.25) is 0 Å². The van der Waals surface area contributed by atoms with E-state index in [1.807, 2.05) is 0 Å². The fraction of sp³-hybridized carbons (Fsp3) is 1.00. The minimum Gasteiger partial charge on any atom is -0.350 e. The van der Waals surface area contributed by atoms with Crippen molar-refractivity contribution in [2.45, 2.75) is 90.3 Å². The molecule has 0 aromatic rings. The quantitative estimate of drug-likeness (QED) is 0.537. The third kappa shape index (κ3) is 6.19. The third-order valence-electron chi connectivity index (χ3n) is 3.84. The van der Waals surface area contributed by atoms with Gasteiger partial charge in [0.05, 0.1) is 13.2 Å². The highest BCUT2D eigenvalue weighted by Crippen LogP contribution is 2.30. The maximum Gasteiger partial charge on any atom is 0.168 e. The first kappa shape index (κ1) is 16.0. The Morgan fingerprint density at radius 3 is 1.78 bits per heavy atom. The standard InChI is InChI=1S/C16H32O2/c1-3-5-7-9-13-16(12-8-6-4-2)17-14-10-11-15-18-16/h3-15H2,1-2H3. The van der Waals surface area contributed by atoms with Gasteiger partial charge in [-0.05, 0) is 25.7 Å². The summed E-state index contributed by atoms with van der Waals surface area (Å²) in [4.78, 5) is 0. The highest BCUT2D eigenvalue weighted by molar-refractivity contribution is 4.73. The summed E-state index contributed by atoms with van der Waals surface area (Å²) in [5.74, 6) is -0.237. The van der Waals surface area contributed by atoms with Crippen LogP contribution in [-0.2, 0) is 9.47 Å². The first-order valence-corrected chi connectivity index (χ1v) is 8.11. The maximum atomic E-state index is 6.10. The van der Waals surface area contributed by atoms with Crippen LogP contribution in [0.25, 0.3) is 0 Å². The van der Waals surface area contributed by atoms with Gasteiger partial charge in [-0.2, -0.15) is 0 Å². The summed E-state index contributed by atoms with van der Waals surface area (Å²) in [5, 5.41) is 0. The summed E-state index contributed by atoms with van der Waals surface area (Å²) in [7, 11) is 0. The number of rotatable bonds is 9. The van der Waals surface area contributed by atoms with Crippen LogP contribution in [0.1, 0.15) is 84.5 Å². The minimum absolute atomic E-state index is 0.237. The van der Waals surface area contributed by atoms with E-state index in [0.717, 1.165) is 38.9 Å². The number of hydrogen-bond donors (Lipinski definition) is 0. The number of ether oxygens (including phenoxy) is 2. The first-order chi connectivity index (χ1) is 8.83. The molecule has 0 spiro atoms. The Balaban J connectivity index is 2.38. The predicted octanol–water partition coefficient (Wildman–Crippen LogP) is 5.06. The van der Waals surface area contributed by atoms with E-state index >= 15 is 0 Å². The van der Waals surface area contributed by atoms with Crippen molar-refractivity contribution in [3.8, 4) is 0 Å². The summed E-state index contributed by atoms with van der Waals surface area (Å²) >= 11 is 0. The smallest absolute Gasteiger partial charge is 0.168 e. The van der Waals surface area contributed by atoms with Crippen molar-refractivity contribution in [1.29, 1.82) is 0 Å². The van der Waals surface area contributed by atoms with Crippen LogP contribution in [-0.4, -0.2) is 19.0 Å². The molecular weight excluding hydrogens is 224 g/mol. The van der Waals surface area contributed by atoms with Gasteiger partial charge < -0.3 is 9.47 Å². The molecule has 1 rings (SSSR count). The van der Waals surface area contributed by atoms with Gasteiger partial charge in [0.15, 0.2) is 5.79 Å². The van der Waals surface area contributed by atoms with Gasteiger partial charge in [0.1, 0.15) is 0 Å². The SMILES string of the molecule is CCCCCCC1(CCCCC)OCCCCO1. The number of hydrogen-bond acceptors (Lipinski definition) is 2. The van der Waals surface area contributed by atoms with Crippen molar-refractivity contribution in [2.75, 3.05) is 13.2 Å². The van der Waals surface area contributed by atoms with Gasteiger partial charge >= 0.3 is 0 Å². The van der Waals surface area contributed by atoms with Crippen LogP contribution >= 0.6 is 0 Å². The summed E-state index contributed by atoms with van der Waals surface area (Å²) in [5.41, 5.74) is 0. The average Bonchev–Trinajstić information content (AvgIpc) is 2.62. The highest BCUT2D eigenvalue weighted by Gasteiger charge is 2.32. The lowest BCUT2D eigenvalue weighted by Gasteiger charge is -2.32. The second-order valence-electron chi connectivity index (χ2n) is 5.58. The number of unbranched alkanes of at least 4 members (excludes halogenated alkanes) is 5. The van der Waals surface area contributed by atoms with Gasteiger partial charge in [-0.15, -0.1) is 0 Å². The van der Waals surface area contributed by atoms with E-state index in [9.17, 15) is 0 Å². The topological polar surface area (TPSA) is 18.5 Å². The molecule has 2 nitrogen and oxygen atoms in total. The average molecular weight is 256 g/mol. The van der Waals surface area contributed by atoms with Gasteiger partial charge in [-0.25, -0.2) is 0 Å². The lowest BCUT2D eigenvalue weighted by molar-refractivity contribution is -0.234. The summed E-state index contributed by atoms with van der Waals surface area (Å²) in [6.45, 7) is 6.29. The second kappa shape index (κ2) is 9.80. The van der Waals surface area contributed by atoms with Gasteiger partial charge in [-0.3, -0.25) is 0 Å². The lowest BCUT2D eigenvalue weighted by Crippen LogP contribution is -2.35. The van der Waals surface area contributed by atoms with Crippen LogP contribution in [0.3, 0.4) is 0 Å². The van der Waals surface area contributed by atoms with Crippen molar-refractivity contribution >= 4 is 0 Å². The second-order valence-corrected chi connectivity index (χ2v) is 5.58. The van der Waals surface area contributed by atoms with E-state index in [0.29, 0.717) is 0 Å². The summed E-state index contributed by atoms with van der Waals surface area (Å²) in [6, 6.07) is 0. The molecule has 0 unspecified atom stereocenters. The minimum atomic E-state index is -0.237. The van der Waals surface area contributed by atoms with Crippen molar-refractivity contribution in [1.82, 2.24) is 0 Å². The molecule has 0 amide bonds. The van der Waals surface area contributed by atoms with Gasteiger partial charge in [-0.1, -0.05) is 46.0 Å². The van der Waals surface area contributed by atoms with Crippen molar-refractivity contribution in [2.24, 2.45) is 0 Å². The van der Waals surface area contributed by atoms with Gasteiger partial charge in [0.25, 0.3) is 0 Å². The lowest BCUT2D eigenvalue weighted by atomic mass is 10.00. The maximum absolute atomic E-state index is 6.10. The van der Waals surface area contributed by atoms with Crippen molar-refractivity contribution in [3.05, 3.63) is 0 Å². The Morgan fingerprint density at radius 2 is 1.22 bits per heavy atom. The molecule has 0 aromatic heterocycles. The highest BCUT2D eigenvalue weighted by atomic mass is 16.7. The zero-order chi connectivity index (χ0) is 13.1. The molecule has 0 saturated carbocycles. The predicted molar refractivity (Wildman–Crippen MR) is 76.8 cm³/mol. The van der Waals surface area contributed by atoms with Crippen LogP contribution in [0.5, 0.6) is 0 Å². The largest absolute Gasteiger partial charge is 0.350 e. The molecule has 1 aliphatic heterocycles. The Hall–Kier alpha value is -0.0800. The van der Waals surface area contributed by atoms with E-state index < -0.39 is 0 Å². The molecule has 0 N–H and O–H groups in total. The fourth-order valence-electron chi connectivity index (χ4n) is 2.64. The molecule has 1 aliphatic rings. The van der Waals surface area contributed by atoms with Crippen LogP contribution < -0.4 is 0 Å². The molecule has 0 radical (unpaired) electrons. The van der Waals surface area contributed by atoms with E-state index in [1.165, 1.54) is 44.9 Å². The molecular formula is C16H32O2. The first-order valence-electron chi connectivity index (χ1n) is 8.11. The molecule has 1 fully saturated rings. The molecule has 0 atom stereocenters. The molecule has 18 heavy (non-hydrogen) atoms. The van der Waals surface area contributed by atoms with E-state index in [-0.39, 0.29) is 5.79 Å².